The molecule has 8 nitrogen and oxygen atoms in total. The summed E-state index contributed by atoms with van der Waals surface area (Å²) < 4.78 is 5.24. The van der Waals surface area contributed by atoms with E-state index in [4.69, 9.17) is 4.74 Å². The number of hydrogen-bond donors (Lipinski definition) is 2. The molecule has 1 heterocycles. The Balaban J connectivity index is 1.62. The zero-order valence-corrected chi connectivity index (χ0v) is 16.4. The summed E-state index contributed by atoms with van der Waals surface area (Å²) in [6, 6.07) is 14.2. The Bertz CT molecular complexity index is 1090. The Morgan fingerprint density at radius 3 is 2.41 bits per heavy atom. The number of aromatic amines is 1. The fraction of sp³-hybridized carbons (Fsp3) is 0.238. The van der Waals surface area contributed by atoms with Crippen molar-refractivity contribution in [3.8, 4) is 0 Å². The summed E-state index contributed by atoms with van der Waals surface area (Å²) in [4.78, 5) is 38.4. The van der Waals surface area contributed by atoms with Gasteiger partial charge in [-0.25, -0.2) is 5.10 Å². The number of carbonyl (C=O) groups is 2. The number of H-pyrrole nitrogens is 1. The second-order valence-corrected chi connectivity index (χ2v) is 6.78. The number of benzene rings is 2. The highest BCUT2D eigenvalue weighted by atomic mass is 16.5. The second-order valence-electron chi connectivity index (χ2n) is 6.78. The van der Waals surface area contributed by atoms with E-state index in [1.807, 2.05) is 31.1 Å². The summed E-state index contributed by atoms with van der Waals surface area (Å²) in [5.41, 5.74) is 1.67. The first-order valence-electron chi connectivity index (χ1n) is 9.09. The van der Waals surface area contributed by atoms with Gasteiger partial charge in [0.1, 0.15) is 0 Å². The van der Waals surface area contributed by atoms with Crippen LogP contribution in [0.25, 0.3) is 10.8 Å². The van der Waals surface area contributed by atoms with Gasteiger partial charge in [-0.1, -0.05) is 18.2 Å². The zero-order valence-electron chi connectivity index (χ0n) is 16.4. The molecule has 150 valence electrons. The predicted molar refractivity (Wildman–Crippen MR) is 111 cm³/mol. The number of nitrogens with zero attached hydrogens (tertiary/aromatic N) is 2. The fourth-order valence-electron chi connectivity index (χ4n) is 2.82. The molecule has 0 saturated carbocycles. The van der Waals surface area contributed by atoms with Crippen molar-refractivity contribution in [1.29, 1.82) is 0 Å². The van der Waals surface area contributed by atoms with Gasteiger partial charge in [-0.3, -0.25) is 14.4 Å². The topological polar surface area (TPSA) is 104 Å². The molecule has 1 aromatic heterocycles. The number of anilines is 2. The fourth-order valence-corrected chi connectivity index (χ4v) is 2.82. The van der Waals surface area contributed by atoms with E-state index < -0.39 is 18.0 Å². The van der Waals surface area contributed by atoms with E-state index in [0.717, 1.165) is 5.69 Å². The third kappa shape index (κ3) is 4.78. The second kappa shape index (κ2) is 8.55. The van der Waals surface area contributed by atoms with Gasteiger partial charge in [-0.15, -0.1) is 0 Å². The molecular formula is C21H22N4O4. The Morgan fingerprint density at radius 1 is 1.10 bits per heavy atom. The van der Waals surface area contributed by atoms with Gasteiger partial charge in [0.25, 0.3) is 11.5 Å². The van der Waals surface area contributed by atoms with Crippen LogP contribution in [0.5, 0.6) is 0 Å². The number of carbonyl (C=O) groups excluding carboxylic acids is 2. The maximum absolute atomic E-state index is 12.3. The molecule has 2 aromatic carbocycles. The van der Waals surface area contributed by atoms with E-state index in [9.17, 15) is 14.4 Å². The maximum Gasteiger partial charge on any atom is 0.312 e. The quantitative estimate of drug-likeness (QED) is 0.621. The molecule has 0 unspecified atom stereocenters. The van der Waals surface area contributed by atoms with Crippen molar-refractivity contribution in [3.05, 3.63) is 64.6 Å². The molecule has 0 spiro atoms. The van der Waals surface area contributed by atoms with Crippen LogP contribution in [0.3, 0.4) is 0 Å². The molecule has 0 saturated heterocycles. The molecule has 8 heteroatoms. The van der Waals surface area contributed by atoms with Crippen molar-refractivity contribution in [2.75, 3.05) is 24.3 Å². The highest BCUT2D eigenvalue weighted by Crippen LogP contribution is 2.16. The van der Waals surface area contributed by atoms with Crippen LogP contribution in [0.1, 0.15) is 12.6 Å². The van der Waals surface area contributed by atoms with Gasteiger partial charge in [0.05, 0.1) is 17.5 Å². The van der Waals surface area contributed by atoms with Crippen molar-refractivity contribution in [2.24, 2.45) is 0 Å². The van der Waals surface area contributed by atoms with Gasteiger partial charge in [0.15, 0.2) is 6.10 Å². The number of aromatic nitrogens is 2. The highest BCUT2D eigenvalue weighted by Gasteiger charge is 2.19. The maximum atomic E-state index is 12.3. The van der Waals surface area contributed by atoms with Crippen LogP contribution in [-0.2, 0) is 20.7 Å². The lowest BCUT2D eigenvalue weighted by Gasteiger charge is -2.15. The molecule has 0 aliphatic heterocycles. The summed E-state index contributed by atoms with van der Waals surface area (Å²) in [5, 5.41) is 10.1. The van der Waals surface area contributed by atoms with Gasteiger partial charge in [-0.05, 0) is 37.3 Å². The van der Waals surface area contributed by atoms with Crippen LogP contribution in [0.2, 0.25) is 0 Å². The molecule has 0 fully saturated rings. The number of fused-ring (bicyclic) bond motifs is 1. The zero-order chi connectivity index (χ0) is 21.0. The molecule has 1 amide bonds. The van der Waals surface area contributed by atoms with Gasteiger partial charge in [0, 0.05) is 30.9 Å². The smallest absolute Gasteiger partial charge is 0.312 e. The minimum atomic E-state index is -0.981. The lowest BCUT2D eigenvalue weighted by molar-refractivity contribution is -0.152. The summed E-state index contributed by atoms with van der Waals surface area (Å²) in [7, 11) is 3.85. The largest absolute Gasteiger partial charge is 0.452 e. The minimum Gasteiger partial charge on any atom is -0.452 e. The number of hydrogen-bond acceptors (Lipinski definition) is 6. The Kier molecular flexibility index (Phi) is 5.92. The average molecular weight is 394 g/mol. The van der Waals surface area contributed by atoms with E-state index in [1.165, 1.54) is 6.92 Å². The SMILES string of the molecule is C[C@H](OC(=O)Cc1n[nH]c(=O)c2ccccc12)C(=O)Nc1ccc(N(C)C)cc1. The van der Waals surface area contributed by atoms with E-state index in [2.05, 4.69) is 15.5 Å². The third-order valence-electron chi connectivity index (χ3n) is 4.42. The predicted octanol–water partition coefficient (Wildman–Crippen LogP) is 2.10. The Morgan fingerprint density at radius 2 is 1.76 bits per heavy atom. The van der Waals surface area contributed by atoms with Gasteiger partial charge in [0.2, 0.25) is 0 Å². The van der Waals surface area contributed by atoms with Crippen molar-refractivity contribution < 1.29 is 14.3 Å². The number of esters is 1. The van der Waals surface area contributed by atoms with E-state index in [0.29, 0.717) is 22.2 Å². The van der Waals surface area contributed by atoms with Crippen molar-refractivity contribution in [3.63, 3.8) is 0 Å². The highest BCUT2D eigenvalue weighted by molar-refractivity contribution is 5.95. The molecular weight excluding hydrogens is 372 g/mol. The van der Waals surface area contributed by atoms with Gasteiger partial charge in [-0.2, -0.15) is 5.10 Å². The summed E-state index contributed by atoms with van der Waals surface area (Å²) in [5.74, 6) is -1.05. The monoisotopic (exact) mass is 394 g/mol. The number of rotatable bonds is 6. The minimum absolute atomic E-state index is 0.160. The van der Waals surface area contributed by atoms with Crippen molar-refractivity contribution in [2.45, 2.75) is 19.4 Å². The van der Waals surface area contributed by atoms with Crippen molar-refractivity contribution in [1.82, 2.24) is 10.2 Å². The molecule has 3 aromatic rings. The third-order valence-corrected chi connectivity index (χ3v) is 4.42. The Hall–Kier alpha value is -3.68. The van der Waals surface area contributed by atoms with Crippen LogP contribution < -0.4 is 15.8 Å². The molecule has 1 atom stereocenters. The summed E-state index contributed by atoms with van der Waals surface area (Å²) >= 11 is 0. The first-order valence-corrected chi connectivity index (χ1v) is 9.09. The number of ether oxygens (including phenoxy) is 1. The lowest BCUT2D eigenvalue weighted by Crippen LogP contribution is -2.30. The van der Waals surface area contributed by atoms with Crippen LogP contribution in [0, 0.1) is 0 Å². The molecule has 0 aliphatic carbocycles. The number of nitrogens with one attached hydrogen (secondary N) is 2. The van der Waals surface area contributed by atoms with Crippen LogP contribution in [0.15, 0.2) is 53.3 Å². The molecule has 2 N–H and O–H groups in total. The standard InChI is InChI=1S/C21H22N4O4/c1-13(20(27)22-14-8-10-15(11-9-14)25(2)3)29-19(26)12-18-16-6-4-5-7-17(16)21(28)24-23-18/h4-11,13H,12H2,1-3H3,(H,22,27)(H,24,28)/t13-/m0/s1. The van der Waals surface area contributed by atoms with Crippen LogP contribution in [0.4, 0.5) is 11.4 Å². The van der Waals surface area contributed by atoms with Gasteiger partial charge >= 0.3 is 5.97 Å². The summed E-state index contributed by atoms with van der Waals surface area (Å²) in [6.45, 7) is 1.50. The first-order chi connectivity index (χ1) is 13.8. The Labute approximate surface area is 167 Å². The normalized spacial score (nSPS) is 11.7. The van der Waals surface area contributed by atoms with Crippen molar-refractivity contribution >= 4 is 34.0 Å². The molecule has 29 heavy (non-hydrogen) atoms. The number of amides is 1. The van der Waals surface area contributed by atoms with E-state index in [-0.39, 0.29) is 12.0 Å². The molecule has 0 radical (unpaired) electrons. The van der Waals surface area contributed by atoms with Crippen LogP contribution >= 0.6 is 0 Å². The van der Waals surface area contributed by atoms with E-state index in [1.54, 1.807) is 36.4 Å². The first kappa shape index (κ1) is 20.1. The molecule has 0 bridgehead atoms. The molecule has 0 aliphatic rings. The van der Waals surface area contributed by atoms with Gasteiger partial charge < -0.3 is 15.0 Å². The van der Waals surface area contributed by atoms with Crippen LogP contribution in [-0.4, -0.2) is 42.3 Å². The summed E-state index contributed by atoms with van der Waals surface area (Å²) in [6.07, 6.45) is -1.14. The average Bonchev–Trinajstić information content (AvgIpc) is 2.70. The molecule has 3 rings (SSSR count). The lowest BCUT2D eigenvalue weighted by atomic mass is 10.1. The van der Waals surface area contributed by atoms with E-state index >= 15 is 0 Å².